The van der Waals surface area contributed by atoms with Gasteiger partial charge in [-0.1, -0.05) is 46.4 Å². The molecule has 0 N–H and O–H groups in total. The van der Waals surface area contributed by atoms with Crippen LogP contribution in [-0.4, -0.2) is 18.0 Å². The van der Waals surface area contributed by atoms with Crippen molar-refractivity contribution >= 4 is 46.4 Å². The zero-order valence-electron chi connectivity index (χ0n) is 9.98. The first-order valence-electron chi connectivity index (χ1n) is 5.19. The molecule has 98 valence electrons. The Bertz CT molecular complexity index is 336. The van der Waals surface area contributed by atoms with E-state index >= 15 is 0 Å². The van der Waals surface area contributed by atoms with Crippen LogP contribution < -0.4 is 0 Å². The lowest BCUT2D eigenvalue weighted by Crippen LogP contribution is -2.40. The van der Waals surface area contributed by atoms with Gasteiger partial charge in [0.25, 0.3) is 0 Å². The highest BCUT2D eigenvalue weighted by molar-refractivity contribution is 6.53. The standard InChI is InChI=1S/C11H14Cl4O2/c1-5(2)16-11(17-6(3)4)9(14)7(12)8(13)10(11)15/h5-6H,1-4H3. The summed E-state index contributed by atoms with van der Waals surface area (Å²) >= 11 is 24.2. The Balaban J connectivity index is 3.24. The van der Waals surface area contributed by atoms with Gasteiger partial charge >= 0.3 is 0 Å². The molecular weight excluding hydrogens is 306 g/mol. The predicted molar refractivity (Wildman–Crippen MR) is 72.6 cm³/mol. The SMILES string of the molecule is CC(C)OC1(OC(C)C)C(Cl)=C(Cl)C(Cl)=C1Cl. The van der Waals surface area contributed by atoms with Crippen molar-refractivity contribution < 1.29 is 9.47 Å². The summed E-state index contributed by atoms with van der Waals surface area (Å²) in [4.78, 5) is 0. The van der Waals surface area contributed by atoms with Gasteiger partial charge in [-0.3, -0.25) is 0 Å². The van der Waals surface area contributed by atoms with E-state index in [1.54, 1.807) is 0 Å². The maximum Gasteiger partial charge on any atom is 0.247 e. The first-order chi connectivity index (χ1) is 7.72. The molecule has 0 aromatic carbocycles. The topological polar surface area (TPSA) is 18.5 Å². The highest BCUT2D eigenvalue weighted by Gasteiger charge is 2.49. The highest BCUT2D eigenvalue weighted by atomic mass is 35.5. The second-order valence-corrected chi connectivity index (χ2v) is 5.72. The Hall–Kier alpha value is 0.560. The monoisotopic (exact) mass is 318 g/mol. The lowest BCUT2D eigenvalue weighted by atomic mass is 10.2. The Kier molecular flexibility index (Phi) is 5.22. The number of ether oxygens (including phenoxy) is 2. The number of allylic oxidation sites excluding steroid dienone is 2. The fourth-order valence-corrected chi connectivity index (χ4v) is 2.62. The molecule has 0 bridgehead atoms. The summed E-state index contributed by atoms with van der Waals surface area (Å²) in [6.45, 7) is 7.39. The molecule has 0 fully saturated rings. The maximum atomic E-state index is 6.15. The Morgan fingerprint density at radius 3 is 1.29 bits per heavy atom. The van der Waals surface area contributed by atoms with E-state index in [9.17, 15) is 0 Å². The van der Waals surface area contributed by atoms with Crippen LogP contribution in [-0.2, 0) is 9.47 Å². The van der Waals surface area contributed by atoms with E-state index in [-0.39, 0.29) is 32.3 Å². The molecule has 0 saturated carbocycles. The minimum absolute atomic E-state index is 0.150. The van der Waals surface area contributed by atoms with Gasteiger partial charge in [-0.05, 0) is 27.7 Å². The molecule has 0 heterocycles. The van der Waals surface area contributed by atoms with Crippen LogP contribution in [0.15, 0.2) is 20.1 Å². The fourth-order valence-electron chi connectivity index (χ4n) is 1.48. The van der Waals surface area contributed by atoms with E-state index in [0.717, 1.165) is 0 Å². The van der Waals surface area contributed by atoms with Crippen LogP contribution in [0.5, 0.6) is 0 Å². The van der Waals surface area contributed by atoms with Crippen molar-refractivity contribution in [2.24, 2.45) is 0 Å². The summed E-state index contributed by atoms with van der Waals surface area (Å²) < 4.78 is 11.4. The van der Waals surface area contributed by atoms with Crippen LogP contribution in [0.3, 0.4) is 0 Å². The number of halogens is 4. The van der Waals surface area contributed by atoms with Crippen LogP contribution in [0.1, 0.15) is 27.7 Å². The lowest BCUT2D eigenvalue weighted by Gasteiger charge is -2.34. The van der Waals surface area contributed by atoms with Crippen molar-refractivity contribution in [3.63, 3.8) is 0 Å². The normalized spacial score (nSPS) is 20.1. The molecule has 0 spiro atoms. The molecular formula is C11H14Cl4O2. The Morgan fingerprint density at radius 2 is 1.06 bits per heavy atom. The molecule has 6 heteroatoms. The van der Waals surface area contributed by atoms with Crippen LogP contribution in [0, 0.1) is 0 Å². The second kappa shape index (κ2) is 5.68. The average Bonchev–Trinajstić information content (AvgIpc) is 2.33. The third-order valence-corrected chi connectivity index (χ3v) is 3.88. The van der Waals surface area contributed by atoms with Crippen molar-refractivity contribution in [2.45, 2.75) is 45.7 Å². The van der Waals surface area contributed by atoms with Crippen molar-refractivity contribution in [2.75, 3.05) is 0 Å². The molecule has 0 aliphatic heterocycles. The summed E-state index contributed by atoms with van der Waals surface area (Å²) in [5.74, 6) is -1.38. The fraction of sp³-hybridized carbons (Fsp3) is 0.636. The van der Waals surface area contributed by atoms with Gasteiger partial charge in [0.1, 0.15) is 10.1 Å². The van der Waals surface area contributed by atoms with Gasteiger partial charge in [0.15, 0.2) is 0 Å². The van der Waals surface area contributed by atoms with Gasteiger partial charge in [0.05, 0.1) is 22.3 Å². The molecule has 1 rings (SSSR count). The summed E-state index contributed by atoms with van der Waals surface area (Å²) in [6, 6.07) is 0. The van der Waals surface area contributed by atoms with Crippen LogP contribution in [0.2, 0.25) is 0 Å². The number of rotatable bonds is 4. The zero-order chi connectivity index (χ0) is 13.4. The van der Waals surface area contributed by atoms with Gasteiger partial charge in [-0.2, -0.15) is 0 Å². The van der Waals surface area contributed by atoms with E-state index in [4.69, 9.17) is 55.9 Å². The van der Waals surface area contributed by atoms with Gasteiger partial charge in [0, 0.05) is 0 Å². The molecule has 0 saturated heterocycles. The van der Waals surface area contributed by atoms with E-state index in [0.29, 0.717) is 0 Å². The Morgan fingerprint density at radius 1 is 0.765 bits per heavy atom. The van der Waals surface area contributed by atoms with Crippen LogP contribution in [0.4, 0.5) is 0 Å². The molecule has 0 amide bonds. The molecule has 0 unspecified atom stereocenters. The lowest BCUT2D eigenvalue weighted by molar-refractivity contribution is -0.212. The summed E-state index contributed by atoms with van der Waals surface area (Å²) in [6.07, 6.45) is -0.299. The first-order valence-corrected chi connectivity index (χ1v) is 6.71. The maximum absolute atomic E-state index is 6.15. The van der Waals surface area contributed by atoms with Crippen LogP contribution in [0.25, 0.3) is 0 Å². The van der Waals surface area contributed by atoms with E-state index in [2.05, 4.69) is 0 Å². The van der Waals surface area contributed by atoms with Crippen LogP contribution >= 0.6 is 46.4 Å². The minimum atomic E-state index is -1.38. The van der Waals surface area contributed by atoms with Crippen molar-refractivity contribution in [1.29, 1.82) is 0 Å². The summed E-state index contributed by atoms with van der Waals surface area (Å²) in [7, 11) is 0. The minimum Gasteiger partial charge on any atom is -0.338 e. The largest absolute Gasteiger partial charge is 0.338 e. The second-order valence-electron chi connectivity index (χ2n) is 4.21. The smallest absolute Gasteiger partial charge is 0.247 e. The van der Waals surface area contributed by atoms with Crippen molar-refractivity contribution in [1.82, 2.24) is 0 Å². The van der Waals surface area contributed by atoms with Gasteiger partial charge in [-0.15, -0.1) is 0 Å². The third-order valence-electron chi connectivity index (χ3n) is 1.96. The summed E-state index contributed by atoms with van der Waals surface area (Å²) in [5.41, 5.74) is 0. The van der Waals surface area contributed by atoms with E-state index < -0.39 is 5.79 Å². The van der Waals surface area contributed by atoms with Gasteiger partial charge in [-0.25, -0.2) is 0 Å². The summed E-state index contributed by atoms with van der Waals surface area (Å²) in [5, 5.41) is 0.660. The van der Waals surface area contributed by atoms with E-state index in [1.165, 1.54) is 0 Å². The Labute approximate surface area is 121 Å². The predicted octanol–water partition coefficient (Wildman–Crippen LogP) is 4.92. The van der Waals surface area contributed by atoms with Gasteiger partial charge < -0.3 is 9.47 Å². The quantitative estimate of drug-likeness (QED) is 0.684. The molecule has 0 radical (unpaired) electrons. The first kappa shape index (κ1) is 15.6. The molecule has 2 nitrogen and oxygen atoms in total. The third kappa shape index (κ3) is 2.94. The van der Waals surface area contributed by atoms with Crippen molar-refractivity contribution in [3.05, 3.63) is 20.1 Å². The highest BCUT2D eigenvalue weighted by Crippen LogP contribution is 2.51. The molecule has 0 aromatic rings. The molecule has 17 heavy (non-hydrogen) atoms. The van der Waals surface area contributed by atoms with Crippen molar-refractivity contribution in [3.8, 4) is 0 Å². The number of hydrogen-bond acceptors (Lipinski definition) is 2. The average molecular weight is 320 g/mol. The molecule has 0 atom stereocenters. The molecule has 0 aromatic heterocycles. The zero-order valence-corrected chi connectivity index (χ0v) is 13.0. The molecule has 1 aliphatic carbocycles. The number of hydrogen-bond donors (Lipinski definition) is 0. The van der Waals surface area contributed by atoms with E-state index in [1.807, 2.05) is 27.7 Å². The van der Waals surface area contributed by atoms with Gasteiger partial charge in [0.2, 0.25) is 5.79 Å². The molecule has 1 aliphatic rings.